The average molecular weight is 174 g/mol. The fourth-order valence-electron chi connectivity index (χ4n) is 0.899. The Labute approximate surface area is 74.8 Å². The largest absolute Gasteiger partial charge is 0.392 e. The molecule has 0 heterocycles. The number of nitrogens with two attached hydrogens (primary N) is 1. The zero-order valence-electron chi connectivity index (χ0n) is 7.79. The van der Waals surface area contributed by atoms with E-state index in [9.17, 15) is 0 Å². The molecule has 1 unspecified atom stereocenters. The van der Waals surface area contributed by atoms with Gasteiger partial charge in [0.2, 0.25) is 0 Å². The summed E-state index contributed by atoms with van der Waals surface area (Å²) in [6.07, 6.45) is 0. The van der Waals surface area contributed by atoms with E-state index in [-0.39, 0.29) is 0 Å². The summed E-state index contributed by atoms with van der Waals surface area (Å²) >= 11 is 4.81. The molecular formula is C8H18N2S. The molecule has 2 N–H and O–H groups in total. The predicted molar refractivity (Wildman–Crippen MR) is 53.7 cm³/mol. The second-order valence-electron chi connectivity index (χ2n) is 3.37. The molecule has 0 aromatic carbocycles. The van der Waals surface area contributed by atoms with Crippen LogP contribution < -0.4 is 5.73 Å². The van der Waals surface area contributed by atoms with Gasteiger partial charge in [-0.05, 0) is 19.9 Å². The first-order chi connectivity index (χ1) is 4.95. The molecule has 0 aromatic rings. The van der Waals surface area contributed by atoms with Crippen LogP contribution in [0.5, 0.6) is 0 Å². The number of rotatable bonds is 4. The lowest BCUT2D eigenvalue weighted by Crippen LogP contribution is -2.38. The monoisotopic (exact) mass is 174 g/mol. The van der Waals surface area contributed by atoms with Gasteiger partial charge in [-0.25, -0.2) is 0 Å². The highest BCUT2D eigenvalue weighted by Crippen LogP contribution is 2.06. The average Bonchev–Trinajstić information content (AvgIpc) is 1.84. The Morgan fingerprint density at radius 3 is 2.18 bits per heavy atom. The number of nitrogens with zero attached hydrogens (tertiary/aromatic N) is 1. The number of hydrogen-bond acceptors (Lipinski definition) is 2. The summed E-state index contributed by atoms with van der Waals surface area (Å²) in [6, 6.07) is 0.538. The summed E-state index contributed by atoms with van der Waals surface area (Å²) in [6.45, 7) is 7.29. The van der Waals surface area contributed by atoms with E-state index in [0.717, 1.165) is 0 Å². The Morgan fingerprint density at radius 1 is 1.45 bits per heavy atom. The van der Waals surface area contributed by atoms with Gasteiger partial charge in [0.25, 0.3) is 0 Å². The van der Waals surface area contributed by atoms with Crippen molar-refractivity contribution in [3.05, 3.63) is 0 Å². The first-order valence-corrected chi connectivity index (χ1v) is 4.34. The molecule has 0 radical (unpaired) electrons. The van der Waals surface area contributed by atoms with E-state index in [2.05, 4.69) is 25.7 Å². The SMILES string of the molecule is CC(C)C(C)N(C)CC(N)=S. The molecule has 0 spiro atoms. The van der Waals surface area contributed by atoms with Gasteiger partial charge in [-0.15, -0.1) is 0 Å². The molecule has 0 saturated carbocycles. The fourth-order valence-corrected chi connectivity index (χ4v) is 1.10. The normalized spacial score (nSPS) is 14.0. The molecule has 0 aliphatic carbocycles. The van der Waals surface area contributed by atoms with E-state index >= 15 is 0 Å². The molecule has 0 rings (SSSR count). The van der Waals surface area contributed by atoms with Gasteiger partial charge < -0.3 is 5.73 Å². The van der Waals surface area contributed by atoms with Crippen LogP contribution in [0.15, 0.2) is 0 Å². The van der Waals surface area contributed by atoms with Gasteiger partial charge in [0.15, 0.2) is 0 Å². The zero-order chi connectivity index (χ0) is 9.02. The summed E-state index contributed by atoms with van der Waals surface area (Å²) in [4.78, 5) is 2.74. The second-order valence-corrected chi connectivity index (χ2v) is 3.89. The van der Waals surface area contributed by atoms with Crippen molar-refractivity contribution in [2.75, 3.05) is 13.6 Å². The highest BCUT2D eigenvalue weighted by atomic mass is 32.1. The van der Waals surface area contributed by atoms with Crippen LogP contribution >= 0.6 is 12.2 Å². The first kappa shape index (κ1) is 10.8. The van der Waals surface area contributed by atoms with Gasteiger partial charge in [-0.1, -0.05) is 26.1 Å². The van der Waals surface area contributed by atoms with E-state index in [1.54, 1.807) is 0 Å². The summed E-state index contributed by atoms with van der Waals surface area (Å²) in [5.41, 5.74) is 5.42. The predicted octanol–water partition coefficient (Wildman–Crippen LogP) is 1.25. The van der Waals surface area contributed by atoms with E-state index in [1.165, 1.54) is 0 Å². The number of hydrogen-bond donors (Lipinski definition) is 1. The van der Waals surface area contributed by atoms with Gasteiger partial charge in [0, 0.05) is 12.6 Å². The topological polar surface area (TPSA) is 29.3 Å². The number of likely N-dealkylation sites (N-methyl/N-ethyl adjacent to an activating group) is 1. The molecule has 0 bridgehead atoms. The molecular weight excluding hydrogens is 156 g/mol. The van der Waals surface area contributed by atoms with Crippen molar-refractivity contribution in [2.24, 2.45) is 11.7 Å². The Hall–Kier alpha value is -0.150. The number of thiocarbonyl (C=S) groups is 1. The standard InChI is InChI=1S/C8H18N2S/c1-6(2)7(3)10(4)5-8(9)11/h6-7H,5H2,1-4H3,(H2,9,11). The van der Waals surface area contributed by atoms with Gasteiger partial charge in [0.1, 0.15) is 0 Å². The van der Waals surface area contributed by atoms with Crippen LogP contribution in [0.1, 0.15) is 20.8 Å². The lowest BCUT2D eigenvalue weighted by Gasteiger charge is -2.27. The third-order valence-corrected chi connectivity index (χ3v) is 2.19. The summed E-state index contributed by atoms with van der Waals surface area (Å²) in [5, 5.41) is 0. The quantitative estimate of drug-likeness (QED) is 0.650. The van der Waals surface area contributed by atoms with Crippen molar-refractivity contribution in [3.63, 3.8) is 0 Å². The molecule has 0 amide bonds. The van der Waals surface area contributed by atoms with Gasteiger partial charge in [-0.2, -0.15) is 0 Å². The summed E-state index contributed by atoms with van der Waals surface area (Å²) < 4.78 is 0. The van der Waals surface area contributed by atoms with Crippen molar-refractivity contribution < 1.29 is 0 Å². The smallest absolute Gasteiger partial charge is 0.0870 e. The van der Waals surface area contributed by atoms with Crippen molar-refractivity contribution >= 4 is 17.2 Å². The molecule has 11 heavy (non-hydrogen) atoms. The molecule has 0 aromatic heterocycles. The maximum absolute atomic E-state index is 5.42. The lowest BCUT2D eigenvalue weighted by atomic mass is 10.1. The minimum atomic E-state index is 0.538. The fraction of sp³-hybridized carbons (Fsp3) is 0.875. The summed E-state index contributed by atoms with van der Waals surface area (Å²) in [7, 11) is 2.05. The van der Waals surface area contributed by atoms with Crippen LogP contribution in [-0.2, 0) is 0 Å². The van der Waals surface area contributed by atoms with E-state index in [4.69, 9.17) is 18.0 Å². The molecule has 2 nitrogen and oxygen atoms in total. The molecule has 3 heteroatoms. The maximum atomic E-state index is 5.42. The minimum absolute atomic E-state index is 0.538. The van der Waals surface area contributed by atoms with Gasteiger partial charge in [-0.3, -0.25) is 4.90 Å². The van der Waals surface area contributed by atoms with Gasteiger partial charge in [0.05, 0.1) is 4.99 Å². The molecule has 0 fully saturated rings. The van der Waals surface area contributed by atoms with Crippen LogP contribution in [0.2, 0.25) is 0 Å². The molecule has 66 valence electrons. The van der Waals surface area contributed by atoms with Crippen molar-refractivity contribution in [1.29, 1.82) is 0 Å². The van der Waals surface area contributed by atoms with E-state index in [0.29, 0.717) is 23.5 Å². The van der Waals surface area contributed by atoms with Crippen LogP contribution in [0, 0.1) is 5.92 Å². The van der Waals surface area contributed by atoms with Crippen LogP contribution in [0.25, 0.3) is 0 Å². The Balaban J connectivity index is 3.82. The van der Waals surface area contributed by atoms with Crippen molar-refractivity contribution in [2.45, 2.75) is 26.8 Å². The zero-order valence-corrected chi connectivity index (χ0v) is 8.61. The Kier molecular flexibility index (Phi) is 4.61. The minimum Gasteiger partial charge on any atom is -0.392 e. The lowest BCUT2D eigenvalue weighted by molar-refractivity contribution is 0.235. The van der Waals surface area contributed by atoms with Crippen LogP contribution in [-0.4, -0.2) is 29.5 Å². The Morgan fingerprint density at radius 2 is 1.91 bits per heavy atom. The first-order valence-electron chi connectivity index (χ1n) is 3.93. The molecule has 0 aliphatic rings. The highest BCUT2D eigenvalue weighted by molar-refractivity contribution is 7.80. The van der Waals surface area contributed by atoms with Gasteiger partial charge >= 0.3 is 0 Å². The van der Waals surface area contributed by atoms with E-state index in [1.807, 2.05) is 7.05 Å². The molecule has 0 saturated heterocycles. The summed E-state index contributed by atoms with van der Waals surface area (Å²) in [5.74, 6) is 0.648. The van der Waals surface area contributed by atoms with Crippen LogP contribution in [0.3, 0.4) is 0 Å². The maximum Gasteiger partial charge on any atom is 0.0870 e. The molecule has 0 aliphatic heterocycles. The van der Waals surface area contributed by atoms with Crippen molar-refractivity contribution in [1.82, 2.24) is 4.90 Å². The third kappa shape index (κ3) is 4.32. The van der Waals surface area contributed by atoms with Crippen LogP contribution in [0.4, 0.5) is 0 Å². The highest BCUT2D eigenvalue weighted by Gasteiger charge is 2.12. The third-order valence-electron chi connectivity index (χ3n) is 2.07. The second kappa shape index (κ2) is 4.67. The van der Waals surface area contributed by atoms with E-state index < -0.39 is 0 Å². The Bertz CT molecular complexity index is 134. The van der Waals surface area contributed by atoms with Crippen molar-refractivity contribution in [3.8, 4) is 0 Å². The molecule has 1 atom stereocenters.